The zero-order chi connectivity index (χ0) is 29.7. The lowest BCUT2D eigenvalue weighted by atomic mass is 9.81. The smallest absolute Gasteiger partial charge is 0.318 e. The van der Waals surface area contributed by atoms with E-state index >= 15 is 0 Å². The van der Waals surface area contributed by atoms with Crippen LogP contribution in [-0.4, -0.2) is 54.3 Å². The van der Waals surface area contributed by atoms with E-state index in [-0.39, 0.29) is 40.9 Å². The molecule has 1 aromatic heterocycles. The van der Waals surface area contributed by atoms with Crippen molar-refractivity contribution in [1.29, 1.82) is 0 Å². The van der Waals surface area contributed by atoms with Crippen LogP contribution >= 0.6 is 0 Å². The van der Waals surface area contributed by atoms with E-state index in [1.807, 2.05) is 44.2 Å². The highest BCUT2D eigenvalue weighted by Gasteiger charge is 2.54. The van der Waals surface area contributed by atoms with E-state index < -0.39 is 13.6 Å². The van der Waals surface area contributed by atoms with E-state index in [2.05, 4.69) is 49.2 Å². The van der Waals surface area contributed by atoms with Gasteiger partial charge in [0, 0.05) is 30.1 Å². The molecule has 1 atom stereocenters. The Bertz CT molecular complexity index is 1290. The average molecular weight is 568 g/mol. The van der Waals surface area contributed by atoms with Crippen molar-refractivity contribution in [3.05, 3.63) is 47.2 Å². The van der Waals surface area contributed by atoms with E-state index in [9.17, 15) is 14.4 Å². The summed E-state index contributed by atoms with van der Waals surface area (Å²) in [5.41, 5.74) is 1.12. The minimum atomic E-state index is -1.84. The number of hydrogen-bond acceptors (Lipinski definition) is 5. The normalized spacial score (nSPS) is 18.5. The highest BCUT2D eigenvalue weighted by atomic mass is 28.3. The molecule has 40 heavy (non-hydrogen) atoms. The number of aromatic nitrogens is 2. The second-order valence-corrected chi connectivity index (χ2v) is 19.1. The van der Waals surface area contributed by atoms with Crippen molar-refractivity contribution < 1.29 is 19.1 Å². The molecule has 1 aliphatic carbocycles. The van der Waals surface area contributed by atoms with Crippen molar-refractivity contribution in [2.75, 3.05) is 19.0 Å². The molecule has 2 aromatic rings. The lowest BCUT2D eigenvalue weighted by Gasteiger charge is -2.48. The molecular weight excluding hydrogens is 522 g/mol. The van der Waals surface area contributed by atoms with Crippen LogP contribution in [0.5, 0.6) is 0 Å². The number of nitrogens with zero attached hydrogens (tertiary/aromatic N) is 3. The first-order valence-corrected chi connectivity index (χ1v) is 17.6. The number of ether oxygens (including phenoxy) is 1. The molecule has 3 amide bonds. The van der Waals surface area contributed by atoms with Gasteiger partial charge in [0.05, 0.1) is 38.5 Å². The van der Waals surface area contributed by atoms with Crippen molar-refractivity contribution in [2.45, 2.75) is 96.7 Å². The van der Waals surface area contributed by atoms with Crippen LogP contribution in [0.3, 0.4) is 0 Å². The molecule has 9 nitrogen and oxygen atoms in total. The molecule has 2 heterocycles. The van der Waals surface area contributed by atoms with Crippen molar-refractivity contribution in [2.24, 2.45) is 5.41 Å². The third-order valence-electron chi connectivity index (χ3n) is 9.11. The maximum absolute atomic E-state index is 14.0. The van der Waals surface area contributed by atoms with Crippen molar-refractivity contribution in [3.63, 3.8) is 0 Å². The molecule has 0 saturated heterocycles. The maximum Gasteiger partial charge on any atom is 0.318 e. The molecule has 2 aliphatic rings. The number of nitrogens with one attached hydrogen (secondary N) is 2. The van der Waals surface area contributed by atoms with Gasteiger partial charge in [-0.3, -0.25) is 9.59 Å². The number of hydrogen-bond donors (Lipinski definition) is 2. The van der Waals surface area contributed by atoms with Crippen LogP contribution in [0.15, 0.2) is 30.3 Å². The van der Waals surface area contributed by atoms with Gasteiger partial charge >= 0.3 is 6.03 Å². The van der Waals surface area contributed by atoms with Gasteiger partial charge in [-0.05, 0) is 32.3 Å². The Hall–Kier alpha value is -2.98. The second kappa shape index (κ2) is 10.4. The Balaban J connectivity index is 1.66. The third kappa shape index (κ3) is 5.00. The predicted octanol–water partition coefficient (Wildman–Crippen LogP) is 5.92. The Labute approximate surface area is 239 Å². The summed E-state index contributed by atoms with van der Waals surface area (Å²) in [4.78, 5) is 42.1. The quantitative estimate of drug-likeness (QED) is 0.385. The van der Waals surface area contributed by atoms with Crippen LogP contribution < -0.4 is 10.6 Å². The predicted molar refractivity (Wildman–Crippen MR) is 159 cm³/mol. The fourth-order valence-electron chi connectivity index (χ4n) is 6.36. The van der Waals surface area contributed by atoms with Gasteiger partial charge in [-0.2, -0.15) is 9.78 Å². The fraction of sp³-hybridized carbons (Fsp3) is 0.600. The number of amides is 3. The van der Waals surface area contributed by atoms with Gasteiger partial charge in [0.25, 0.3) is 0 Å². The molecule has 0 bridgehead atoms. The molecule has 218 valence electrons. The zero-order valence-electron chi connectivity index (χ0n) is 25.5. The topological polar surface area (TPSA) is 106 Å². The van der Waals surface area contributed by atoms with Crippen LogP contribution in [0.2, 0.25) is 24.7 Å². The average Bonchev–Trinajstić information content (AvgIpc) is 3.30. The molecule has 10 heteroatoms. The highest BCUT2D eigenvalue weighted by molar-refractivity contribution is 6.83. The van der Waals surface area contributed by atoms with Gasteiger partial charge < -0.3 is 20.3 Å². The largest absolute Gasteiger partial charge is 0.384 e. The van der Waals surface area contributed by atoms with Crippen LogP contribution in [0, 0.1) is 5.41 Å². The van der Waals surface area contributed by atoms with E-state index in [1.165, 1.54) is 11.6 Å². The monoisotopic (exact) mass is 567 g/mol. The van der Waals surface area contributed by atoms with Crippen LogP contribution in [0.4, 0.5) is 10.6 Å². The van der Waals surface area contributed by atoms with Gasteiger partial charge in [-0.1, -0.05) is 70.2 Å². The standard InChI is InChI=1S/C30H45N5O4Si/c1-20(36)35-25(32-26(37)30(16-13-17-30)40(7,8)9)22-18-34(29(4,5)24(22)33-35)27(38)31-23(28(2,3)19-39-6)21-14-11-10-12-15-21/h10-12,14-15,23H,13,16-19H2,1-9H3,(H,31,38)(H,32,37). The van der Waals surface area contributed by atoms with Crippen LogP contribution in [0.25, 0.3) is 0 Å². The molecule has 1 aliphatic heterocycles. The number of rotatable bonds is 8. The summed E-state index contributed by atoms with van der Waals surface area (Å²) >= 11 is 0. The minimum Gasteiger partial charge on any atom is -0.384 e. The summed E-state index contributed by atoms with van der Waals surface area (Å²) in [5.74, 6) is 0.0756. The first-order valence-electron chi connectivity index (χ1n) is 14.1. The molecule has 1 fully saturated rings. The Kier molecular flexibility index (Phi) is 7.83. The lowest BCUT2D eigenvalue weighted by molar-refractivity contribution is -0.121. The Morgan fingerprint density at radius 2 is 1.75 bits per heavy atom. The molecule has 1 unspecified atom stereocenters. The van der Waals surface area contributed by atoms with Gasteiger partial charge in [-0.15, -0.1) is 0 Å². The number of benzene rings is 1. The van der Waals surface area contributed by atoms with E-state index in [0.29, 0.717) is 23.7 Å². The SMILES string of the molecule is COCC(C)(C)C(NC(=O)N1Cc2c(nn(C(C)=O)c2NC(=O)C2([Si](C)(C)C)CCC2)C1(C)C)c1ccccc1. The molecule has 4 rings (SSSR count). The second-order valence-electron chi connectivity index (χ2n) is 13.6. The summed E-state index contributed by atoms with van der Waals surface area (Å²) in [5, 5.41) is 10.7. The number of carbonyl (C=O) groups excluding carboxylic acids is 3. The molecule has 0 radical (unpaired) electrons. The van der Waals surface area contributed by atoms with Gasteiger partial charge in [0.15, 0.2) is 0 Å². The molecule has 1 saturated carbocycles. The number of methoxy groups -OCH3 is 1. The van der Waals surface area contributed by atoms with Crippen LogP contribution in [-0.2, 0) is 21.6 Å². The molecule has 2 N–H and O–H groups in total. The molecular formula is C30H45N5O4Si. The fourth-order valence-corrected chi connectivity index (χ4v) is 8.96. The maximum atomic E-state index is 14.0. The first-order chi connectivity index (χ1) is 18.6. The zero-order valence-corrected chi connectivity index (χ0v) is 26.5. The van der Waals surface area contributed by atoms with Gasteiger partial charge in [0.1, 0.15) is 5.82 Å². The summed E-state index contributed by atoms with van der Waals surface area (Å²) in [6.45, 7) is 16.8. The highest BCUT2D eigenvalue weighted by Crippen LogP contribution is 2.56. The molecule has 0 spiro atoms. The van der Waals surface area contributed by atoms with E-state index in [1.54, 1.807) is 12.0 Å². The van der Waals surface area contributed by atoms with Crippen molar-refractivity contribution in [3.8, 4) is 0 Å². The Morgan fingerprint density at radius 3 is 2.25 bits per heavy atom. The lowest BCUT2D eigenvalue weighted by Crippen LogP contribution is -2.52. The summed E-state index contributed by atoms with van der Waals surface area (Å²) in [7, 11) is -0.177. The number of urea groups is 1. The summed E-state index contributed by atoms with van der Waals surface area (Å²) in [6, 6.07) is 9.33. The summed E-state index contributed by atoms with van der Waals surface area (Å²) < 4.78 is 6.80. The number of fused-ring (bicyclic) bond motifs is 1. The number of carbonyl (C=O) groups is 3. The Morgan fingerprint density at radius 1 is 1.12 bits per heavy atom. The minimum absolute atomic E-state index is 0.0331. The van der Waals surface area contributed by atoms with E-state index in [4.69, 9.17) is 4.74 Å². The summed E-state index contributed by atoms with van der Waals surface area (Å²) in [6.07, 6.45) is 2.76. The van der Waals surface area contributed by atoms with Crippen molar-refractivity contribution >= 4 is 31.7 Å². The first kappa shape index (κ1) is 30.0. The van der Waals surface area contributed by atoms with Gasteiger partial charge in [-0.25, -0.2) is 4.79 Å². The van der Waals surface area contributed by atoms with Crippen LogP contribution in [0.1, 0.15) is 81.5 Å². The third-order valence-corrected chi connectivity index (χ3v) is 12.7. The molecule has 1 aromatic carbocycles. The van der Waals surface area contributed by atoms with E-state index in [0.717, 1.165) is 24.8 Å². The number of anilines is 1. The van der Waals surface area contributed by atoms with Crippen molar-refractivity contribution in [1.82, 2.24) is 20.0 Å². The van der Waals surface area contributed by atoms with Gasteiger partial charge in [0.2, 0.25) is 11.8 Å².